The van der Waals surface area contributed by atoms with Gasteiger partial charge in [-0.3, -0.25) is 0 Å². The fraction of sp³-hybridized carbons (Fsp3) is 0.286. The molecule has 0 saturated heterocycles. The number of alkyl halides is 3. The van der Waals surface area contributed by atoms with Crippen LogP contribution in [0.15, 0.2) is 30.5 Å². The average molecular weight is 313 g/mol. The molecule has 2 aromatic rings. The molecule has 22 heavy (non-hydrogen) atoms. The lowest BCUT2D eigenvalue weighted by atomic mass is 10.2. The van der Waals surface area contributed by atoms with Crippen molar-refractivity contribution in [3.8, 4) is 11.6 Å². The maximum absolute atomic E-state index is 12.8. The summed E-state index contributed by atoms with van der Waals surface area (Å²) in [5.41, 5.74) is -0.404. The van der Waals surface area contributed by atoms with Crippen molar-refractivity contribution in [2.75, 3.05) is 26.2 Å². The van der Waals surface area contributed by atoms with Gasteiger partial charge < -0.3 is 14.4 Å². The number of nitrogens with zero attached hydrogens (tertiary/aromatic N) is 3. The van der Waals surface area contributed by atoms with E-state index in [2.05, 4.69) is 9.97 Å². The minimum Gasteiger partial charge on any atom is -0.495 e. The Morgan fingerprint density at radius 3 is 2.36 bits per heavy atom. The van der Waals surface area contributed by atoms with Crippen molar-refractivity contribution < 1.29 is 22.6 Å². The number of hydrogen-bond donors (Lipinski definition) is 0. The Kier molecular flexibility index (Phi) is 4.39. The Hall–Kier alpha value is -2.51. The highest BCUT2D eigenvalue weighted by Gasteiger charge is 2.36. The molecule has 0 aliphatic heterocycles. The molecule has 0 aliphatic carbocycles. The number of aromatic nitrogens is 2. The summed E-state index contributed by atoms with van der Waals surface area (Å²) in [6.07, 6.45) is -3.88. The van der Waals surface area contributed by atoms with E-state index >= 15 is 0 Å². The highest BCUT2D eigenvalue weighted by atomic mass is 19.4. The van der Waals surface area contributed by atoms with Gasteiger partial charge >= 0.3 is 6.18 Å². The van der Waals surface area contributed by atoms with Gasteiger partial charge in [0.2, 0.25) is 11.8 Å². The van der Waals surface area contributed by atoms with Gasteiger partial charge in [0.25, 0.3) is 0 Å². The van der Waals surface area contributed by atoms with Gasteiger partial charge in [-0.2, -0.15) is 18.2 Å². The lowest BCUT2D eigenvalue weighted by molar-refractivity contribution is -0.139. The monoisotopic (exact) mass is 313 g/mol. The van der Waals surface area contributed by atoms with E-state index in [-0.39, 0.29) is 5.95 Å². The number of hydrogen-bond acceptors (Lipinski definition) is 5. The van der Waals surface area contributed by atoms with Crippen molar-refractivity contribution >= 4 is 11.6 Å². The fourth-order valence-corrected chi connectivity index (χ4v) is 1.88. The van der Waals surface area contributed by atoms with Gasteiger partial charge in [0.15, 0.2) is 0 Å². The number of benzene rings is 1. The summed E-state index contributed by atoms with van der Waals surface area (Å²) in [6, 6.07) is 7.03. The smallest absolute Gasteiger partial charge is 0.423 e. The summed E-state index contributed by atoms with van der Waals surface area (Å²) < 4.78 is 48.4. The van der Waals surface area contributed by atoms with E-state index < -0.39 is 17.6 Å². The van der Waals surface area contributed by atoms with E-state index in [0.717, 1.165) is 7.11 Å². The molecule has 0 atom stereocenters. The zero-order valence-electron chi connectivity index (χ0n) is 12.2. The number of para-hydroxylation sites is 2. The normalized spacial score (nSPS) is 11.2. The highest BCUT2D eigenvalue weighted by molar-refractivity contribution is 5.64. The van der Waals surface area contributed by atoms with Crippen molar-refractivity contribution in [2.24, 2.45) is 0 Å². The lowest BCUT2D eigenvalue weighted by Crippen LogP contribution is -2.17. The molecular weight excluding hydrogens is 299 g/mol. The molecular formula is C14H14F3N3O2. The molecule has 0 N–H and O–H groups in total. The highest BCUT2D eigenvalue weighted by Crippen LogP contribution is 2.36. The van der Waals surface area contributed by atoms with Gasteiger partial charge in [0.05, 0.1) is 19.9 Å². The van der Waals surface area contributed by atoms with E-state index in [1.54, 1.807) is 31.3 Å². The van der Waals surface area contributed by atoms with Crippen molar-refractivity contribution in [1.29, 1.82) is 0 Å². The predicted molar refractivity (Wildman–Crippen MR) is 74.6 cm³/mol. The van der Waals surface area contributed by atoms with Crippen LogP contribution in [0.3, 0.4) is 0 Å². The largest absolute Gasteiger partial charge is 0.495 e. The minimum absolute atomic E-state index is 0.0642. The molecule has 1 aromatic heterocycles. The van der Waals surface area contributed by atoms with Gasteiger partial charge in [-0.15, -0.1) is 0 Å². The third-order valence-corrected chi connectivity index (χ3v) is 2.99. The SMILES string of the molecule is COc1ccccc1N(C)c1ncc(C(F)(F)F)c(OC)n1. The van der Waals surface area contributed by atoms with Crippen LogP contribution >= 0.6 is 0 Å². The molecule has 5 nitrogen and oxygen atoms in total. The second kappa shape index (κ2) is 6.08. The number of anilines is 2. The van der Waals surface area contributed by atoms with E-state index in [4.69, 9.17) is 9.47 Å². The van der Waals surface area contributed by atoms with Crippen LogP contribution in [0.1, 0.15) is 5.56 Å². The van der Waals surface area contributed by atoms with Crippen molar-refractivity contribution in [3.63, 3.8) is 0 Å². The Balaban J connectivity index is 2.45. The minimum atomic E-state index is -4.58. The first-order valence-corrected chi connectivity index (χ1v) is 6.23. The van der Waals surface area contributed by atoms with Crippen molar-refractivity contribution in [3.05, 3.63) is 36.0 Å². The van der Waals surface area contributed by atoms with Crippen LogP contribution in [0.2, 0.25) is 0 Å². The third kappa shape index (κ3) is 3.05. The van der Waals surface area contributed by atoms with Crippen LogP contribution < -0.4 is 14.4 Å². The second-order valence-corrected chi connectivity index (χ2v) is 4.32. The van der Waals surface area contributed by atoms with E-state index in [1.165, 1.54) is 12.0 Å². The number of ether oxygens (including phenoxy) is 2. The van der Waals surface area contributed by atoms with Gasteiger partial charge in [-0.05, 0) is 12.1 Å². The average Bonchev–Trinajstić information content (AvgIpc) is 2.52. The van der Waals surface area contributed by atoms with Crippen molar-refractivity contribution in [1.82, 2.24) is 9.97 Å². The Morgan fingerprint density at radius 2 is 1.77 bits per heavy atom. The third-order valence-electron chi connectivity index (χ3n) is 2.99. The van der Waals surface area contributed by atoms with Crippen LogP contribution in [-0.4, -0.2) is 31.2 Å². The van der Waals surface area contributed by atoms with Gasteiger partial charge in [0, 0.05) is 13.2 Å². The van der Waals surface area contributed by atoms with Gasteiger partial charge in [-0.1, -0.05) is 12.1 Å². The zero-order valence-corrected chi connectivity index (χ0v) is 12.2. The molecule has 118 valence electrons. The van der Waals surface area contributed by atoms with Crippen LogP contribution in [0.4, 0.5) is 24.8 Å². The number of halogens is 3. The molecule has 0 fully saturated rings. The van der Waals surface area contributed by atoms with Crippen LogP contribution in [0, 0.1) is 0 Å². The van der Waals surface area contributed by atoms with Crippen molar-refractivity contribution in [2.45, 2.75) is 6.18 Å². The summed E-state index contributed by atoms with van der Waals surface area (Å²) in [5, 5.41) is 0. The molecule has 8 heteroatoms. The summed E-state index contributed by atoms with van der Waals surface area (Å²) in [7, 11) is 4.26. The standard InChI is InChI=1S/C14H14F3N3O2/c1-20(10-6-4-5-7-11(10)21-2)13-18-8-9(14(15,16)17)12(19-13)22-3/h4-8H,1-3H3. The predicted octanol–water partition coefficient (Wildman–Crippen LogP) is 3.28. The van der Waals surface area contributed by atoms with Gasteiger partial charge in [0.1, 0.15) is 11.3 Å². The molecule has 0 radical (unpaired) electrons. The molecule has 0 aliphatic rings. The Bertz CT molecular complexity index is 662. The number of methoxy groups -OCH3 is 2. The first-order chi connectivity index (χ1) is 10.4. The van der Waals surface area contributed by atoms with E-state index in [0.29, 0.717) is 17.6 Å². The van der Waals surface area contributed by atoms with Crippen LogP contribution in [-0.2, 0) is 6.18 Å². The molecule has 2 rings (SSSR count). The summed E-state index contributed by atoms with van der Waals surface area (Å²) >= 11 is 0. The topological polar surface area (TPSA) is 47.5 Å². The Morgan fingerprint density at radius 1 is 1.09 bits per heavy atom. The van der Waals surface area contributed by atoms with E-state index in [1.807, 2.05) is 0 Å². The summed E-state index contributed by atoms with van der Waals surface area (Å²) in [5.74, 6) is 0.0843. The lowest BCUT2D eigenvalue weighted by Gasteiger charge is -2.20. The summed E-state index contributed by atoms with van der Waals surface area (Å²) in [6.45, 7) is 0. The zero-order chi connectivity index (χ0) is 16.3. The van der Waals surface area contributed by atoms with E-state index in [9.17, 15) is 13.2 Å². The fourth-order valence-electron chi connectivity index (χ4n) is 1.88. The number of rotatable bonds is 4. The molecule has 0 spiro atoms. The quantitative estimate of drug-likeness (QED) is 0.867. The molecule has 0 bridgehead atoms. The molecule has 1 aromatic carbocycles. The molecule has 1 heterocycles. The first kappa shape index (κ1) is 15.9. The van der Waals surface area contributed by atoms with Crippen LogP contribution in [0.5, 0.6) is 11.6 Å². The Labute approximate surface area is 125 Å². The molecule has 0 saturated carbocycles. The molecule has 0 unspecified atom stereocenters. The first-order valence-electron chi connectivity index (χ1n) is 6.23. The second-order valence-electron chi connectivity index (χ2n) is 4.32. The molecule has 0 amide bonds. The van der Waals surface area contributed by atoms with Crippen LogP contribution in [0.25, 0.3) is 0 Å². The maximum atomic E-state index is 12.8. The summed E-state index contributed by atoms with van der Waals surface area (Å²) in [4.78, 5) is 9.11. The van der Waals surface area contributed by atoms with Gasteiger partial charge in [-0.25, -0.2) is 4.98 Å². The maximum Gasteiger partial charge on any atom is 0.423 e.